The summed E-state index contributed by atoms with van der Waals surface area (Å²) in [6.45, 7) is 5.14. The van der Waals surface area contributed by atoms with Crippen molar-refractivity contribution in [3.8, 4) is 0 Å². The van der Waals surface area contributed by atoms with Crippen molar-refractivity contribution in [2.75, 3.05) is 4.72 Å². The first kappa shape index (κ1) is 14.5. The van der Waals surface area contributed by atoms with Crippen molar-refractivity contribution >= 4 is 15.8 Å². The summed E-state index contributed by atoms with van der Waals surface area (Å²) in [4.78, 5) is -0.112. The fraction of sp³-hybridized carbons (Fsp3) is 0.308. The Kier molecular flexibility index (Phi) is 3.56. The number of rotatable bonds is 3. The minimum atomic E-state index is -3.84. The van der Waals surface area contributed by atoms with Crippen LogP contribution in [-0.2, 0) is 17.1 Å². The van der Waals surface area contributed by atoms with Gasteiger partial charge < -0.3 is 0 Å². The molecule has 0 aliphatic carbocycles. The molecule has 0 aliphatic heterocycles. The Hall–Kier alpha value is -1.89. The Morgan fingerprint density at radius 3 is 2.40 bits per heavy atom. The minimum absolute atomic E-state index is 0.112. The van der Waals surface area contributed by atoms with Crippen LogP contribution in [0.25, 0.3) is 0 Å². The van der Waals surface area contributed by atoms with Crippen LogP contribution < -0.4 is 4.72 Å². The lowest BCUT2D eigenvalue weighted by Crippen LogP contribution is -2.16. The van der Waals surface area contributed by atoms with E-state index in [0.717, 1.165) is 17.3 Å². The normalized spacial score (nSPS) is 11.7. The van der Waals surface area contributed by atoms with E-state index < -0.39 is 15.8 Å². The molecule has 2 rings (SSSR count). The van der Waals surface area contributed by atoms with Crippen molar-refractivity contribution in [2.45, 2.75) is 25.7 Å². The number of hydrogen-bond donors (Lipinski definition) is 1. The molecule has 1 N–H and O–H groups in total. The molecule has 7 heteroatoms. The van der Waals surface area contributed by atoms with E-state index in [1.165, 1.54) is 16.8 Å². The van der Waals surface area contributed by atoms with Gasteiger partial charge in [0.15, 0.2) is 0 Å². The molecule has 0 atom stereocenters. The van der Waals surface area contributed by atoms with Crippen LogP contribution in [-0.4, -0.2) is 18.2 Å². The maximum absolute atomic E-state index is 13.5. The molecule has 2 aromatic rings. The first-order chi connectivity index (χ1) is 9.22. The van der Waals surface area contributed by atoms with Crippen LogP contribution in [0, 0.1) is 26.6 Å². The van der Waals surface area contributed by atoms with E-state index in [4.69, 9.17) is 0 Å². The number of anilines is 1. The van der Waals surface area contributed by atoms with Gasteiger partial charge in [-0.25, -0.2) is 12.8 Å². The molecule has 0 spiro atoms. The summed E-state index contributed by atoms with van der Waals surface area (Å²) in [5.41, 5.74) is 1.88. The number of benzene rings is 1. The zero-order valence-corrected chi connectivity index (χ0v) is 12.5. The fourth-order valence-corrected chi connectivity index (χ4v) is 3.00. The average molecular weight is 297 g/mol. The zero-order chi connectivity index (χ0) is 15.1. The monoisotopic (exact) mass is 297 g/mol. The molecule has 0 saturated heterocycles. The summed E-state index contributed by atoms with van der Waals surface area (Å²) in [6, 6.07) is 3.82. The molecule has 0 bridgehead atoms. The predicted octanol–water partition coefficient (Wildman–Crippen LogP) is 2.29. The van der Waals surface area contributed by atoms with E-state index in [0.29, 0.717) is 11.4 Å². The van der Waals surface area contributed by atoms with Crippen molar-refractivity contribution in [1.29, 1.82) is 0 Å². The van der Waals surface area contributed by atoms with Gasteiger partial charge in [0.2, 0.25) is 0 Å². The number of nitrogens with one attached hydrogen (secondary N) is 1. The third kappa shape index (κ3) is 2.53. The van der Waals surface area contributed by atoms with E-state index in [-0.39, 0.29) is 4.90 Å². The number of nitrogens with zero attached hydrogens (tertiary/aromatic N) is 2. The number of sulfonamides is 1. The van der Waals surface area contributed by atoms with Gasteiger partial charge in [0.05, 0.1) is 10.6 Å². The third-order valence-corrected chi connectivity index (χ3v) is 4.54. The maximum atomic E-state index is 13.5. The van der Waals surface area contributed by atoms with Crippen LogP contribution in [0.3, 0.4) is 0 Å². The molecular weight excluding hydrogens is 281 g/mol. The molecule has 1 aromatic carbocycles. The summed E-state index contributed by atoms with van der Waals surface area (Å²) >= 11 is 0. The Morgan fingerprint density at radius 2 is 1.90 bits per heavy atom. The summed E-state index contributed by atoms with van der Waals surface area (Å²) in [6.07, 6.45) is 0. The Labute approximate surface area is 117 Å². The van der Waals surface area contributed by atoms with E-state index in [1.54, 1.807) is 27.8 Å². The fourth-order valence-electron chi connectivity index (χ4n) is 1.83. The second-order valence-corrected chi connectivity index (χ2v) is 6.38. The van der Waals surface area contributed by atoms with Gasteiger partial charge in [-0.05, 0) is 38.5 Å². The van der Waals surface area contributed by atoms with Gasteiger partial charge in [-0.2, -0.15) is 5.10 Å². The quantitative estimate of drug-likeness (QED) is 0.945. The van der Waals surface area contributed by atoms with Crippen molar-refractivity contribution < 1.29 is 12.8 Å². The van der Waals surface area contributed by atoms with Gasteiger partial charge in [0.25, 0.3) is 10.0 Å². The molecule has 1 aromatic heterocycles. The molecule has 0 amide bonds. The molecule has 20 heavy (non-hydrogen) atoms. The third-order valence-electron chi connectivity index (χ3n) is 3.21. The topological polar surface area (TPSA) is 64.0 Å². The SMILES string of the molecule is Cc1ccc(S(=O)(=O)Nc2c(C)c(C)nn2C)cc1F. The first-order valence-corrected chi connectivity index (χ1v) is 7.50. The number of hydrogen-bond acceptors (Lipinski definition) is 3. The van der Waals surface area contributed by atoms with Crippen LogP contribution in [0.2, 0.25) is 0 Å². The summed E-state index contributed by atoms with van der Waals surface area (Å²) in [7, 11) is -2.19. The molecule has 0 aliphatic rings. The van der Waals surface area contributed by atoms with Crippen molar-refractivity contribution in [3.63, 3.8) is 0 Å². The van der Waals surface area contributed by atoms with Crippen molar-refractivity contribution in [2.24, 2.45) is 7.05 Å². The lowest BCUT2D eigenvalue weighted by atomic mass is 10.2. The molecule has 108 valence electrons. The zero-order valence-electron chi connectivity index (χ0n) is 11.7. The minimum Gasteiger partial charge on any atom is -0.263 e. The van der Waals surface area contributed by atoms with E-state index in [1.807, 2.05) is 0 Å². The Balaban J connectivity index is 2.43. The summed E-state index contributed by atoms with van der Waals surface area (Å²) < 4.78 is 41.9. The maximum Gasteiger partial charge on any atom is 0.263 e. The molecule has 0 fully saturated rings. The Bertz CT molecular complexity index is 766. The highest BCUT2D eigenvalue weighted by Crippen LogP contribution is 2.22. The summed E-state index contributed by atoms with van der Waals surface area (Å²) in [5.74, 6) is -0.172. The predicted molar refractivity (Wildman–Crippen MR) is 74.6 cm³/mol. The largest absolute Gasteiger partial charge is 0.263 e. The number of halogens is 1. The summed E-state index contributed by atoms with van der Waals surface area (Å²) in [5, 5.41) is 4.14. The molecule has 0 radical (unpaired) electrons. The Morgan fingerprint density at radius 1 is 1.25 bits per heavy atom. The van der Waals surface area contributed by atoms with E-state index in [2.05, 4.69) is 9.82 Å². The molecule has 0 unspecified atom stereocenters. The lowest BCUT2D eigenvalue weighted by molar-refractivity contribution is 0.592. The second kappa shape index (κ2) is 4.90. The molecular formula is C13H16FN3O2S. The number of aromatic nitrogens is 2. The highest BCUT2D eigenvalue weighted by Gasteiger charge is 2.19. The van der Waals surface area contributed by atoms with Gasteiger partial charge in [-0.15, -0.1) is 0 Å². The molecule has 0 saturated carbocycles. The lowest BCUT2D eigenvalue weighted by Gasteiger charge is -2.10. The molecule has 5 nitrogen and oxygen atoms in total. The molecule has 1 heterocycles. The van der Waals surface area contributed by atoms with Crippen molar-refractivity contribution in [1.82, 2.24) is 9.78 Å². The smallest absolute Gasteiger partial charge is 0.263 e. The second-order valence-electron chi connectivity index (χ2n) is 4.70. The van der Waals surface area contributed by atoms with Gasteiger partial charge in [-0.1, -0.05) is 6.07 Å². The van der Waals surface area contributed by atoms with Gasteiger partial charge in [0, 0.05) is 12.6 Å². The van der Waals surface area contributed by atoms with Gasteiger partial charge in [-0.3, -0.25) is 9.40 Å². The van der Waals surface area contributed by atoms with Crippen LogP contribution in [0.5, 0.6) is 0 Å². The first-order valence-electron chi connectivity index (χ1n) is 6.01. The standard InChI is InChI=1S/C13H16FN3O2S/c1-8-5-6-11(7-12(8)14)20(18,19)16-13-9(2)10(3)15-17(13)4/h5-7,16H,1-4H3. The van der Waals surface area contributed by atoms with Gasteiger partial charge >= 0.3 is 0 Å². The highest BCUT2D eigenvalue weighted by molar-refractivity contribution is 7.92. The average Bonchev–Trinajstić information content (AvgIpc) is 2.59. The highest BCUT2D eigenvalue weighted by atomic mass is 32.2. The van der Waals surface area contributed by atoms with Crippen LogP contribution >= 0.6 is 0 Å². The van der Waals surface area contributed by atoms with Crippen LogP contribution in [0.1, 0.15) is 16.8 Å². The van der Waals surface area contributed by atoms with Crippen LogP contribution in [0.15, 0.2) is 23.1 Å². The number of aryl methyl sites for hydroxylation is 3. The van der Waals surface area contributed by atoms with Gasteiger partial charge in [0.1, 0.15) is 11.6 Å². The van der Waals surface area contributed by atoms with E-state index >= 15 is 0 Å². The van der Waals surface area contributed by atoms with Crippen molar-refractivity contribution in [3.05, 3.63) is 40.8 Å². The van der Waals surface area contributed by atoms with E-state index in [9.17, 15) is 12.8 Å². The van der Waals surface area contributed by atoms with Crippen LogP contribution in [0.4, 0.5) is 10.2 Å².